The molecular weight excluding hydrogens is 285 g/mol. The summed E-state index contributed by atoms with van der Waals surface area (Å²) in [5, 5.41) is 3.05. The molecule has 1 aromatic rings. The Morgan fingerprint density at radius 3 is 2.76 bits per heavy atom. The molecule has 0 bridgehead atoms. The Bertz CT molecular complexity index is 525. The highest BCUT2D eigenvalue weighted by molar-refractivity contribution is 5.76. The van der Waals surface area contributed by atoms with Crippen LogP contribution in [0, 0.1) is 17.5 Å². The predicted octanol–water partition coefficient (Wildman–Crippen LogP) is 1.44. The zero-order valence-electron chi connectivity index (χ0n) is 11.7. The SMILES string of the molecule is CCOC(=O)C1CNCCN1Cc1cc(F)c(F)cc1F. The van der Waals surface area contributed by atoms with E-state index in [1.165, 1.54) is 0 Å². The number of carbonyl (C=O) groups is 1. The molecule has 0 spiro atoms. The Labute approximate surface area is 120 Å². The molecule has 0 aromatic heterocycles. The van der Waals surface area contributed by atoms with Gasteiger partial charge in [-0.1, -0.05) is 0 Å². The van der Waals surface area contributed by atoms with Crippen LogP contribution in [0.25, 0.3) is 0 Å². The van der Waals surface area contributed by atoms with Crippen LogP contribution in [0.1, 0.15) is 12.5 Å². The number of hydrogen-bond acceptors (Lipinski definition) is 4. The lowest BCUT2D eigenvalue weighted by atomic mass is 10.1. The Morgan fingerprint density at radius 2 is 2.05 bits per heavy atom. The van der Waals surface area contributed by atoms with Crippen LogP contribution in [0.2, 0.25) is 0 Å². The maximum Gasteiger partial charge on any atom is 0.324 e. The first-order chi connectivity index (χ1) is 10.0. The maximum absolute atomic E-state index is 13.7. The molecule has 1 saturated heterocycles. The second-order valence-electron chi connectivity index (χ2n) is 4.80. The third kappa shape index (κ3) is 3.74. The van der Waals surface area contributed by atoms with Crippen LogP contribution < -0.4 is 5.32 Å². The molecule has 1 fully saturated rings. The molecule has 1 heterocycles. The van der Waals surface area contributed by atoms with Gasteiger partial charge in [-0.25, -0.2) is 13.2 Å². The summed E-state index contributed by atoms with van der Waals surface area (Å²) < 4.78 is 44.8. The average Bonchev–Trinajstić information content (AvgIpc) is 2.45. The van der Waals surface area contributed by atoms with E-state index in [0.717, 1.165) is 6.07 Å². The van der Waals surface area contributed by atoms with E-state index < -0.39 is 29.5 Å². The molecule has 1 N–H and O–H groups in total. The fraction of sp³-hybridized carbons (Fsp3) is 0.500. The molecule has 1 aliphatic rings. The van der Waals surface area contributed by atoms with Crippen LogP contribution in [0.15, 0.2) is 12.1 Å². The number of nitrogens with zero attached hydrogens (tertiary/aromatic N) is 1. The summed E-state index contributed by atoms with van der Waals surface area (Å²) in [4.78, 5) is 13.6. The summed E-state index contributed by atoms with van der Waals surface area (Å²) in [5.74, 6) is -3.56. The zero-order valence-corrected chi connectivity index (χ0v) is 11.7. The molecule has 7 heteroatoms. The minimum Gasteiger partial charge on any atom is -0.465 e. The standard InChI is InChI=1S/C14H17F3N2O2/c1-2-21-14(20)13-7-18-3-4-19(13)8-9-5-11(16)12(17)6-10(9)15/h5-6,13,18H,2-4,7-8H2,1H3. The van der Waals surface area contributed by atoms with Gasteiger partial charge in [-0.3, -0.25) is 9.69 Å². The molecule has 0 radical (unpaired) electrons. The number of carbonyl (C=O) groups excluding carboxylic acids is 1. The van der Waals surface area contributed by atoms with Crippen LogP contribution >= 0.6 is 0 Å². The Balaban J connectivity index is 2.15. The molecule has 0 saturated carbocycles. The van der Waals surface area contributed by atoms with Gasteiger partial charge < -0.3 is 10.1 Å². The van der Waals surface area contributed by atoms with Crippen LogP contribution in [-0.2, 0) is 16.1 Å². The van der Waals surface area contributed by atoms with Gasteiger partial charge in [0.1, 0.15) is 11.9 Å². The Morgan fingerprint density at radius 1 is 1.33 bits per heavy atom. The number of piperazine rings is 1. The summed E-state index contributed by atoms with van der Waals surface area (Å²) in [6, 6.07) is 0.785. The van der Waals surface area contributed by atoms with Crippen molar-refractivity contribution in [1.82, 2.24) is 10.2 Å². The number of ether oxygens (including phenoxy) is 1. The Hall–Kier alpha value is -1.60. The quantitative estimate of drug-likeness (QED) is 0.675. The second-order valence-corrected chi connectivity index (χ2v) is 4.80. The number of esters is 1. The summed E-state index contributed by atoms with van der Waals surface area (Å²) >= 11 is 0. The van der Waals surface area contributed by atoms with Gasteiger partial charge in [-0.15, -0.1) is 0 Å². The van der Waals surface area contributed by atoms with Crippen molar-refractivity contribution in [2.75, 3.05) is 26.2 Å². The summed E-state index contributed by atoms with van der Waals surface area (Å²) in [7, 11) is 0. The van der Waals surface area contributed by atoms with Crippen LogP contribution in [0.3, 0.4) is 0 Å². The predicted molar refractivity (Wildman–Crippen MR) is 70.0 cm³/mol. The lowest BCUT2D eigenvalue weighted by Crippen LogP contribution is -2.55. The number of halogens is 3. The highest BCUT2D eigenvalue weighted by Crippen LogP contribution is 2.18. The van der Waals surface area contributed by atoms with Gasteiger partial charge in [-0.05, 0) is 13.0 Å². The van der Waals surface area contributed by atoms with E-state index in [1.807, 2.05) is 0 Å². The van der Waals surface area contributed by atoms with Gasteiger partial charge in [0.05, 0.1) is 6.61 Å². The second kappa shape index (κ2) is 6.91. The summed E-state index contributed by atoms with van der Waals surface area (Å²) in [6.07, 6.45) is 0. The van der Waals surface area contributed by atoms with Gasteiger partial charge in [0.2, 0.25) is 0 Å². The molecule has 1 unspecified atom stereocenters. The van der Waals surface area contributed by atoms with Gasteiger partial charge >= 0.3 is 5.97 Å². The lowest BCUT2D eigenvalue weighted by Gasteiger charge is -2.34. The first-order valence-corrected chi connectivity index (χ1v) is 6.77. The van der Waals surface area contributed by atoms with Crippen molar-refractivity contribution in [1.29, 1.82) is 0 Å². The van der Waals surface area contributed by atoms with Crippen molar-refractivity contribution in [3.8, 4) is 0 Å². The van der Waals surface area contributed by atoms with Gasteiger partial charge in [0.25, 0.3) is 0 Å². The summed E-state index contributed by atoms with van der Waals surface area (Å²) in [5.41, 5.74) is 0.0186. The first-order valence-electron chi connectivity index (χ1n) is 6.77. The van der Waals surface area contributed by atoms with E-state index in [9.17, 15) is 18.0 Å². The molecule has 2 rings (SSSR count). The molecule has 116 valence electrons. The third-order valence-corrected chi connectivity index (χ3v) is 3.38. The molecular formula is C14H17F3N2O2. The zero-order chi connectivity index (χ0) is 15.4. The normalized spacial score (nSPS) is 19.5. The third-order valence-electron chi connectivity index (χ3n) is 3.38. The van der Waals surface area contributed by atoms with E-state index in [4.69, 9.17) is 4.74 Å². The molecule has 1 aliphatic heterocycles. The van der Waals surface area contributed by atoms with Gasteiger partial charge in [0.15, 0.2) is 11.6 Å². The minimum absolute atomic E-state index is 0.0186. The van der Waals surface area contributed by atoms with Crippen molar-refractivity contribution < 1.29 is 22.7 Å². The van der Waals surface area contributed by atoms with Crippen molar-refractivity contribution in [2.45, 2.75) is 19.5 Å². The molecule has 1 atom stereocenters. The first kappa shape index (κ1) is 15.8. The topological polar surface area (TPSA) is 41.6 Å². The maximum atomic E-state index is 13.7. The largest absolute Gasteiger partial charge is 0.465 e. The van der Waals surface area contributed by atoms with E-state index in [0.29, 0.717) is 25.7 Å². The number of hydrogen-bond donors (Lipinski definition) is 1. The molecule has 0 aliphatic carbocycles. The van der Waals surface area contributed by atoms with Crippen molar-refractivity contribution in [3.05, 3.63) is 35.1 Å². The minimum atomic E-state index is -1.22. The molecule has 21 heavy (non-hydrogen) atoms. The van der Waals surface area contributed by atoms with Gasteiger partial charge in [-0.2, -0.15) is 0 Å². The molecule has 0 amide bonds. The number of rotatable bonds is 4. The number of benzene rings is 1. The van der Waals surface area contributed by atoms with E-state index in [-0.39, 0.29) is 18.7 Å². The van der Waals surface area contributed by atoms with E-state index in [2.05, 4.69) is 5.32 Å². The average molecular weight is 302 g/mol. The van der Waals surface area contributed by atoms with Crippen LogP contribution in [0.5, 0.6) is 0 Å². The summed E-state index contributed by atoms with van der Waals surface area (Å²) in [6.45, 7) is 3.47. The fourth-order valence-corrected chi connectivity index (χ4v) is 2.31. The smallest absolute Gasteiger partial charge is 0.324 e. The molecule has 1 aromatic carbocycles. The molecule has 4 nitrogen and oxygen atoms in total. The van der Waals surface area contributed by atoms with Crippen molar-refractivity contribution in [3.63, 3.8) is 0 Å². The van der Waals surface area contributed by atoms with Crippen molar-refractivity contribution in [2.24, 2.45) is 0 Å². The lowest BCUT2D eigenvalue weighted by molar-refractivity contribution is -0.150. The van der Waals surface area contributed by atoms with Gasteiger partial charge in [0, 0.05) is 37.8 Å². The van der Waals surface area contributed by atoms with Crippen molar-refractivity contribution >= 4 is 5.97 Å². The van der Waals surface area contributed by atoms with Crippen LogP contribution in [-0.4, -0.2) is 43.2 Å². The van der Waals surface area contributed by atoms with E-state index in [1.54, 1.807) is 11.8 Å². The fourth-order valence-electron chi connectivity index (χ4n) is 2.31. The Kier molecular flexibility index (Phi) is 5.19. The number of nitrogens with one attached hydrogen (secondary N) is 1. The highest BCUT2D eigenvalue weighted by atomic mass is 19.2. The van der Waals surface area contributed by atoms with E-state index >= 15 is 0 Å². The highest BCUT2D eigenvalue weighted by Gasteiger charge is 2.30. The van der Waals surface area contributed by atoms with Crippen LogP contribution in [0.4, 0.5) is 13.2 Å². The monoisotopic (exact) mass is 302 g/mol.